The number of piperidine rings is 1. The second-order valence-corrected chi connectivity index (χ2v) is 7.73. The topological polar surface area (TPSA) is 41.4 Å². The zero-order chi connectivity index (χ0) is 20.9. The van der Waals surface area contributed by atoms with Gasteiger partial charge in [0.05, 0.1) is 5.56 Å². The molecule has 3 rings (SSSR count). The van der Waals surface area contributed by atoms with E-state index in [1.54, 1.807) is 34.1 Å². The smallest absolute Gasteiger partial charge is 0.344 e. The van der Waals surface area contributed by atoms with Gasteiger partial charge in [0.1, 0.15) is 6.54 Å². The van der Waals surface area contributed by atoms with E-state index in [1.807, 2.05) is 7.05 Å². The molecule has 0 spiro atoms. The van der Waals surface area contributed by atoms with Crippen molar-refractivity contribution in [2.24, 2.45) is 5.92 Å². The SMILES string of the molecule is CN(C[C@H]1CCCN(CCc2cccc(C(F)(F)F)c2)C1)C(=O)Cn1cccn1. The van der Waals surface area contributed by atoms with Crippen molar-refractivity contribution in [1.82, 2.24) is 19.6 Å². The van der Waals surface area contributed by atoms with Crippen LogP contribution in [0.25, 0.3) is 0 Å². The van der Waals surface area contributed by atoms with E-state index in [1.165, 1.54) is 12.1 Å². The van der Waals surface area contributed by atoms with Gasteiger partial charge in [-0.2, -0.15) is 18.3 Å². The van der Waals surface area contributed by atoms with Crippen LogP contribution in [-0.4, -0.2) is 58.7 Å². The van der Waals surface area contributed by atoms with Crippen LogP contribution in [0.15, 0.2) is 42.7 Å². The maximum atomic E-state index is 12.9. The molecule has 1 aromatic heterocycles. The predicted octanol–water partition coefficient (Wildman–Crippen LogP) is 3.32. The largest absolute Gasteiger partial charge is 0.416 e. The average molecular weight is 408 g/mol. The van der Waals surface area contributed by atoms with Crippen LogP contribution in [0.4, 0.5) is 13.2 Å². The molecule has 1 fully saturated rings. The number of amides is 1. The highest BCUT2D eigenvalue weighted by Crippen LogP contribution is 2.29. The third-order valence-electron chi connectivity index (χ3n) is 5.39. The summed E-state index contributed by atoms with van der Waals surface area (Å²) >= 11 is 0. The van der Waals surface area contributed by atoms with Crippen molar-refractivity contribution >= 4 is 5.91 Å². The average Bonchev–Trinajstić information content (AvgIpc) is 3.19. The highest BCUT2D eigenvalue weighted by atomic mass is 19.4. The molecule has 1 aliphatic rings. The van der Waals surface area contributed by atoms with Crippen LogP contribution in [0.3, 0.4) is 0 Å². The van der Waals surface area contributed by atoms with E-state index >= 15 is 0 Å². The molecule has 0 bridgehead atoms. The highest BCUT2D eigenvalue weighted by molar-refractivity contribution is 5.75. The van der Waals surface area contributed by atoms with Crippen LogP contribution in [0.5, 0.6) is 0 Å². The van der Waals surface area contributed by atoms with E-state index in [0.717, 1.165) is 38.5 Å². The van der Waals surface area contributed by atoms with Gasteiger partial charge in [0, 0.05) is 39.1 Å². The lowest BCUT2D eigenvalue weighted by Gasteiger charge is -2.34. The molecular weight excluding hydrogens is 381 g/mol. The lowest BCUT2D eigenvalue weighted by Crippen LogP contribution is -2.42. The van der Waals surface area contributed by atoms with Crippen molar-refractivity contribution < 1.29 is 18.0 Å². The van der Waals surface area contributed by atoms with Gasteiger partial charge in [0.2, 0.25) is 5.91 Å². The van der Waals surface area contributed by atoms with Crippen LogP contribution in [0.2, 0.25) is 0 Å². The quantitative estimate of drug-likeness (QED) is 0.706. The van der Waals surface area contributed by atoms with Crippen molar-refractivity contribution in [1.29, 1.82) is 0 Å². The maximum Gasteiger partial charge on any atom is 0.416 e. The lowest BCUT2D eigenvalue weighted by atomic mass is 9.97. The molecule has 0 unspecified atom stereocenters. The van der Waals surface area contributed by atoms with Gasteiger partial charge in [-0.3, -0.25) is 9.48 Å². The van der Waals surface area contributed by atoms with Crippen LogP contribution >= 0.6 is 0 Å². The number of nitrogens with zero attached hydrogens (tertiary/aromatic N) is 4. The highest BCUT2D eigenvalue weighted by Gasteiger charge is 2.30. The minimum Gasteiger partial charge on any atom is -0.344 e. The van der Waals surface area contributed by atoms with Gasteiger partial charge in [-0.15, -0.1) is 0 Å². The van der Waals surface area contributed by atoms with Gasteiger partial charge < -0.3 is 9.80 Å². The molecule has 1 amide bonds. The Morgan fingerprint density at radius 1 is 1.31 bits per heavy atom. The fraction of sp³-hybridized carbons (Fsp3) is 0.524. The third kappa shape index (κ3) is 6.32. The first-order chi connectivity index (χ1) is 13.8. The number of likely N-dealkylation sites (N-methyl/N-ethyl adjacent to an activating group) is 1. The van der Waals surface area contributed by atoms with Gasteiger partial charge in [-0.05, 0) is 49.4 Å². The lowest BCUT2D eigenvalue weighted by molar-refractivity contribution is -0.137. The van der Waals surface area contributed by atoms with Gasteiger partial charge in [0.15, 0.2) is 0 Å². The number of likely N-dealkylation sites (tertiary alicyclic amines) is 1. The van der Waals surface area contributed by atoms with Gasteiger partial charge in [0.25, 0.3) is 0 Å². The van der Waals surface area contributed by atoms with E-state index in [9.17, 15) is 18.0 Å². The number of carbonyl (C=O) groups excluding carboxylic acids is 1. The summed E-state index contributed by atoms with van der Waals surface area (Å²) in [4.78, 5) is 16.4. The first-order valence-corrected chi connectivity index (χ1v) is 9.91. The van der Waals surface area contributed by atoms with E-state index in [4.69, 9.17) is 0 Å². The molecule has 29 heavy (non-hydrogen) atoms. The summed E-state index contributed by atoms with van der Waals surface area (Å²) in [5.74, 6) is 0.395. The molecule has 158 valence electrons. The van der Waals surface area contributed by atoms with Crippen LogP contribution in [-0.2, 0) is 23.9 Å². The van der Waals surface area contributed by atoms with Gasteiger partial charge in [-0.25, -0.2) is 0 Å². The zero-order valence-corrected chi connectivity index (χ0v) is 16.6. The summed E-state index contributed by atoms with van der Waals surface area (Å²) in [6.45, 7) is 3.44. The number of alkyl halides is 3. The summed E-state index contributed by atoms with van der Waals surface area (Å²) in [5.41, 5.74) is 0.109. The fourth-order valence-corrected chi connectivity index (χ4v) is 3.84. The number of halogens is 3. The molecule has 1 atom stereocenters. The number of hydrogen-bond donors (Lipinski definition) is 0. The Morgan fingerprint density at radius 3 is 2.86 bits per heavy atom. The Morgan fingerprint density at radius 2 is 2.14 bits per heavy atom. The number of carbonyl (C=O) groups is 1. The number of benzene rings is 1. The first kappa shape index (κ1) is 21.4. The Hall–Kier alpha value is -2.35. The van der Waals surface area contributed by atoms with E-state index in [-0.39, 0.29) is 12.5 Å². The molecule has 8 heteroatoms. The minimum absolute atomic E-state index is 0.0230. The molecule has 2 heterocycles. The summed E-state index contributed by atoms with van der Waals surface area (Å²) in [6, 6.07) is 7.35. The second kappa shape index (κ2) is 9.43. The molecule has 0 N–H and O–H groups in total. The summed E-state index contributed by atoms with van der Waals surface area (Å²) in [5, 5.41) is 4.06. The van der Waals surface area contributed by atoms with Crippen molar-refractivity contribution in [3.8, 4) is 0 Å². The molecule has 1 aromatic carbocycles. The molecule has 1 saturated heterocycles. The Kier molecular flexibility index (Phi) is 6.95. The van der Waals surface area contributed by atoms with E-state index < -0.39 is 11.7 Å². The molecule has 0 saturated carbocycles. The number of rotatable bonds is 7. The Bertz CT molecular complexity index is 791. The molecule has 5 nitrogen and oxygen atoms in total. The predicted molar refractivity (Wildman–Crippen MR) is 104 cm³/mol. The van der Waals surface area contributed by atoms with Crippen LogP contribution < -0.4 is 0 Å². The molecule has 1 aliphatic heterocycles. The number of hydrogen-bond acceptors (Lipinski definition) is 3. The Balaban J connectivity index is 1.47. The van der Waals surface area contributed by atoms with Crippen LogP contribution in [0, 0.1) is 5.92 Å². The van der Waals surface area contributed by atoms with Crippen molar-refractivity contribution in [2.75, 3.05) is 33.2 Å². The normalized spacial score (nSPS) is 18.0. The third-order valence-corrected chi connectivity index (χ3v) is 5.39. The van der Waals surface area contributed by atoms with Crippen molar-refractivity contribution in [3.63, 3.8) is 0 Å². The molecular formula is C21H27F3N4O. The van der Waals surface area contributed by atoms with Gasteiger partial charge >= 0.3 is 6.18 Å². The monoisotopic (exact) mass is 408 g/mol. The Labute approximate surface area is 169 Å². The van der Waals surface area contributed by atoms with E-state index in [0.29, 0.717) is 24.4 Å². The molecule has 2 aromatic rings. The standard InChI is InChI=1S/C21H27F3N4O/c1-26(20(29)16-28-11-4-9-25-28)14-18-6-3-10-27(15-18)12-8-17-5-2-7-19(13-17)21(22,23)24/h2,4-5,7,9,11,13,18H,3,6,8,10,12,14-16H2,1H3/t18-/m1/s1. The summed E-state index contributed by atoms with van der Waals surface area (Å²) in [6.07, 6.45) is 1.79. The number of aromatic nitrogens is 2. The van der Waals surface area contributed by atoms with Gasteiger partial charge in [-0.1, -0.05) is 18.2 Å². The minimum atomic E-state index is -4.31. The first-order valence-electron chi connectivity index (χ1n) is 9.91. The zero-order valence-electron chi connectivity index (χ0n) is 16.6. The van der Waals surface area contributed by atoms with Crippen molar-refractivity contribution in [2.45, 2.75) is 32.0 Å². The van der Waals surface area contributed by atoms with Crippen molar-refractivity contribution in [3.05, 3.63) is 53.9 Å². The molecule has 0 radical (unpaired) electrons. The van der Waals surface area contributed by atoms with Crippen LogP contribution in [0.1, 0.15) is 24.0 Å². The summed E-state index contributed by atoms with van der Waals surface area (Å²) in [7, 11) is 1.81. The molecule has 0 aliphatic carbocycles. The fourth-order valence-electron chi connectivity index (χ4n) is 3.84. The van der Waals surface area contributed by atoms with E-state index in [2.05, 4.69) is 10.00 Å². The maximum absolute atomic E-state index is 12.9. The summed E-state index contributed by atoms with van der Waals surface area (Å²) < 4.78 is 40.2. The second-order valence-electron chi connectivity index (χ2n) is 7.73.